The van der Waals surface area contributed by atoms with E-state index >= 15 is 0 Å². The zero-order chi connectivity index (χ0) is 14.9. The third-order valence-electron chi connectivity index (χ3n) is 3.01. The van der Waals surface area contributed by atoms with E-state index in [1.165, 1.54) is 5.56 Å². The van der Waals surface area contributed by atoms with Gasteiger partial charge >= 0.3 is 0 Å². The summed E-state index contributed by atoms with van der Waals surface area (Å²) < 4.78 is 5.69. The van der Waals surface area contributed by atoms with Gasteiger partial charge in [0.1, 0.15) is 5.01 Å². The quantitative estimate of drug-likeness (QED) is 0.723. The normalized spacial score (nSPS) is 11.2. The molecule has 0 aliphatic rings. The Kier molecular flexibility index (Phi) is 6.79. The second-order valence-electron chi connectivity index (χ2n) is 5.28. The van der Waals surface area contributed by atoms with Crippen molar-refractivity contribution in [2.75, 3.05) is 6.61 Å². The van der Waals surface area contributed by atoms with Crippen LogP contribution in [0.25, 0.3) is 0 Å². The van der Waals surface area contributed by atoms with E-state index in [9.17, 15) is 0 Å². The number of aryl methyl sites for hydroxylation is 1. The molecule has 1 N–H and O–H groups in total. The van der Waals surface area contributed by atoms with Crippen LogP contribution >= 0.6 is 11.3 Å². The van der Waals surface area contributed by atoms with E-state index in [1.807, 2.05) is 12.4 Å². The fraction of sp³-hybridized carbons (Fsp3) is 0.500. The van der Waals surface area contributed by atoms with Gasteiger partial charge in [-0.05, 0) is 30.5 Å². The van der Waals surface area contributed by atoms with Gasteiger partial charge in [-0.1, -0.05) is 13.8 Å². The van der Waals surface area contributed by atoms with Crippen LogP contribution in [0.15, 0.2) is 29.9 Å². The number of nitrogens with one attached hydrogen (secondary N) is 1. The lowest BCUT2D eigenvalue weighted by Crippen LogP contribution is -2.21. The van der Waals surface area contributed by atoms with Gasteiger partial charge in [-0.2, -0.15) is 0 Å². The monoisotopic (exact) mass is 305 g/mol. The number of hydrogen-bond acceptors (Lipinski definition) is 5. The summed E-state index contributed by atoms with van der Waals surface area (Å²) in [6.45, 7) is 6.49. The minimum absolute atomic E-state index is 0.488. The summed E-state index contributed by atoms with van der Waals surface area (Å²) in [5.41, 5.74) is 2.34. The number of aromatic nitrogens is 2. The Hall–Kier alpha value is -1.30. The molecule has 0 amide bonds. The van der Waals surface area contributed by atoms with Gasteiger partial charge in [0.25, 0.3) is 0 Å². The summed E-state index contributed by atoms with van der Waals surface area (Å²) in [6, 6.07) is 4.59. The van der Waals surface area contributed by atoms with E-state index in [-0.39, 0.29) is 0 Å². The van der Waals surface area contributed by atoms with Crippen LogP contribution in [0.1, 0.15) is 36.5 Å². The van der Waals surface area contributed by atoms with Gasteiger partial charge in [0.2, 0.25) is 0 Å². The predicted octanol–water partition coefficient (Wildman–Crippen LogP) is 3.19. The first-order chi connectivity index (χ1) is 10.2. The Morgan fingerprint density at radius 2 is 2.10 bits per heavy atom. The molecule has 0 aliphatic heterocycles. The zero-order valence-electron chi connectivity index (χ0n) is 12.7. The third-order valence-corrected chi connectivity index (χ3v) is 3.91. The second-order valence-corrected chi connectivity index (χ2v) is 6.22. The maximum absolute atomic E-state index is 5.69. The molecule has 4 nitrogen and oxygen atoms in total. The summed E-state index contributed by atoms with van der Waals surface area (Å²) in [7, 11) is 0. The number of rotatable bonds is 9. The summed E-state index contributed by atoms with van der Waals surface area (Å²) in [5, 5.41) is 6.58. The average Bonchev–Trinajstić information content (AvgIpc) is 2.94. The van der Waals surface area contributed by atoms with Crippen LogP contribution in [0.4, 0.5) is 0 Å². The van der Waals surface area contributed by atoms with Crippen LogP contribution in [0, 0.1) is 0 Å². The number of pyridine rings is 1. The number of thiazole rings is 1. The largest absolute Gasteiger partial charge is 0.375 e. The molecule has 0 saturated heterocycles. The smallest absolute Gasteiger partial charge is 0.107 e. The van der Waals surface area contributed by atoms with E-state index in [1.54, 1.807) is 11.3 Å². The molecule has 0 radical (unpaired) electrons. The van der Waals surface area contributed by atoms with Crippen molar-refractivity contribution in [3.8, 4) is 0 Å². The highest BCUT2D eigenvalue weighted by Gasteiger charge is 2.03. The summed E-state index contributed by atoms with van der Waals surface area (Å²) >= 11 is 1.69. The van der Waals surface area contributed by atoms with Gasteiger partial charge in [0, 0.05) is 37.0 Å². The molecule has 2 aromatic rings. The van der Waals surface area contributed by atoms with Gasteiger partial charge in [-0.25, -0.2) is 4.98 Å². The Morgan fingerprint density at radius 1 is 1.29 bits per heavy atom. The first kappa shape index (κ1) is 16.1. The average molecular weight is 305 g/mol. The maximum atomic E-state index is 5.69. The van der Waals surface area contributed by atoms with Crippen LogP contribution in [-0.2, 0) is 24.3 Å². The van der Waals surface area contributed by atoms with Crippen LogP contribution < -0.4 is 5.32 Å². The number of ether oxygens (including phenoxy) is 1. The highest BCUT2D eigenvalue weighted by molar-refractivity contribution is 7.09. The van der Waals surface area contributed by atoms with E-state index < -0.39 is 0 Å². The minimum Gasteiger partial charge on any atom is -0.375 e. The zero-order valence-corrected chi connectivity index (χ0v) is 13.5. The molecule has 0 aromatic carbocycles. The van der Waals surface area contributed by atoms with Crippen molar-refractivity contribution in [2.24, 2.45) is 0 Å². The van der Waals surface area contributed by atoms with Crippen molar-refractivity contribution in [3.63, 3.8) is 0 Å². The van der Waals surface area contributed by atoms with Gasteiger partial charge in [0.15, 0.2) is 0 Å². The molecule has 0 saturated carbocycles. The van der Waals surface area contributed by atoms with Crippen molar-refractivity contribution in [2.45, 2.75) is 45.9 Å². The SMILES string of the molecule is CC(C)NCc1nc(COCCCc2ccncc2)cs1. The van der Waals surface area contributed by atoms with Gasteiger partial charge in [0.05, 0.1) is 12.3 Å². The summed E-state index contributed by atoms with van der Waals surface area (Å²) in [6.07, 6.45) is 5.72. The standard InChI is InChI=1S/C16H23N3OS/c1-13(2)18-10-16-19-15(12-21-16)11-20-9-3-4-14-5-7-17-8-6-14/h5-8,12-13,18H,3-4,9-11H2,1-2H3. The Bertz CT molecular complexity index is 513. The fourth-order valence-electron chi connectivity index (χ4n) is 1.89. The fourth-order valence-corrected chi connectivity index (χ4v) is 2.62. The molecule has 0 atom stereocenters. The topological polar surface area (TPSA) is 47.0 Å². The van der Waals surface area contributed by atoms with E-state index in [0.717, 1.165) is 36.7 Å². The van der Waals surface area contributed by atoms with Crippen molar-refractivity contribution < 1.29 is 4.74 Å². The highest BCUT2D eigenvalue weighted by atomic mass is 32.1. The third kappa shape index (κ3) is 6.33. The van der Waals surface area contributed by atoms with E-state index in [0.29, 0.717) is 12.6 Å². The molecule has 0 fully saturated rings. The molecular weight excluding hydrogens is 282 g/mol. The Labute approximate surface area is 130 Å². The predicted molar refractivity (Wildman–Crippen MR) is 86.3 cm³/mol. The second kappa shape index (κ2) is 8.87. The molecule has 21 heavy (non-hydrogen) atoms. The summed E-state index contributed by atoms with van der Waals surface area (Å²) in [4.78, 5) is 8.57. The van der Waals surface area contributed by atoms with Crippen molar-refractivity contribution in [3.05, 3.63) is 46.2 Å². The van der Waals surface area contributed by atoms with Crippen molar-refractivity contribution in [1.29, 1.82) is 0 Å². The molecule has 0 bridgehead atoms. The number of nitrogens with zero attached hydrogens (tertiary/aromatic N) is 2. The molecule has 5 heteroatoms. The lowest BCUT2D eigenvalue weighted by atomic mass is 10.1. The van der Waals surface area contributed by atoms with Crippen LogP contribution in [-0.4, -0.2) is 22.6 Å². The van der Waals surface area contributed by atoms with E-state index in [2.05, 4.69) is 46.6 Å². The highest BCUT2D eigenvalue weighted by Crippen LogP contribution is 2.11. The minimum atomic E-state index is 0.488. The first-order valence-electron chi connectivity index (χ1n) is 7.37. The molecule has 0 unspecified atom stereocenters. The van der Waals surface area contributed by atoms with Gasteiger partial charge in [-0.15, -0.1) is 11.3 Å². The lowest BCUT2D eigenvalue weighted by Gasteiger charge is -2.04. The van der Waals surface area contributed by atoms with Crippen LogP contribution in [0.2, 0.25) is 0 Å². The van der Waals surface area contributed by atoms with Gasteiger partial charge < -0.3 is 10.1 Å². The molecular formula is C16H23N3OS. The van der Waals surface area contributed by atoms with Crippen molar-refractivity contribution >= 4 is 11.3 Å². The first-order valence-corrected chi connectivity index (χ1v) is 8.25. The Balaban J connectivity index is 1.60. The van der Waals surface area contributed by atoms with Crippen molar-refractivity contribution in [1.82, 2.24) is 15.3 Å². The van der Waals surface area contributed by atoms with E-state index in [4.69, 9.17) is 4.74 Å². The lowest BCUT2D eigenvalue weighted by molar-refractivity contribution is 0.116. The molecule has 2 rings (SSSR count). The van der Waals surface area contributed by atoms with Crippen LogP contribution in [0.3, 0.4) is 0 Å². The molecule has 0 aliphatic carbocycles. The molecule has 2 heterocycles. The Morgan fingerprint density at radius 3 is 2.86 bits per heavy atom. The summed E-state index contributed by atoms with van der Waals surface area (Å²) in [5.74, 6) is 0. The van der Waals surface area contributed by atoms with Gasteiger partial charge in [-0.3, -0.25) is 4.98 Å². The molecule has 0 spiro atoms. The molecule has 114 valence electrons. The van der Waals surface area contributed by atoms with Crippen LogP contribution in [0.5, 0.6) is 0 Å². The number of hydrogen-bond donors (Lipinski definition) is 1. The maximum Gasteiger partial charge on any atom is 0.107 e. The molecule has 2 aromatic heterocycles.